The highest BCUT2D eigenvalue weighted by Crippen LogP contribution is 2.64. The lowest BCUT2D eigenvalue weighted by molar-refractivity contribution is -0.346. The predicted molar refractivity (Wildman–Crippen MR) is 261 cm³/mol. The van der Waals surface area contributed by atoms with Crippen LogP contribution >= 0.6 is 21.6 Å². The van der Waals surface area contributed by atoms with Crippen LogP contribution in [0.15, 0.2) is 71.8 Å². The summed E-state index contributed by atoms with van der Waals surface area (Å²) in [5.74, 6) is -4.10. The van der Waals surface area contributed by atoms with E-state index in [0.717, 1.165) is 5.75 Å². The number of esters is 3. The van der Waals surface area contributed by atoms with Gasteiger partial charge in [-0.2, -0.15) is 0 Å². The van der Waals surface area contributed by atoms with Crippen LogP contribution in [0, 0.1) is 16.7 Å². The van der Waals surface area contributed by atoms with Crippen molar-refractivity contribution >= 4 is 51.4 Å². The first-order valence-corrected chi connectivity index (χ1v) is 26.1. The zero-order chi connectivity index (χ0) is 52.1. The van der Waals surface area contributed by atoms with Gasteiger partial charge in [-0.15, -0.1) is 0 Å². The molecule has 2 unspecified atom stereocenters. The van der Waals surface area contributed by atoms with Crippen LogP contribution < -0.4 is 10.6 Å². The number of aliphatic hydroxyl groups is 3. The predicted octanol–water partition coefficient (Wildman–Crippen LogP) is 5.64. The molecule has 3 fully saturated rings. The van der Waals surface area contributed by atoms with Crippen LogP contribution in [0.2, 0.25) is 0 Å². The Balaban J connectivity index is 1.43. The fourth-order valence-corrected chi connectivity index (χ4v) is 12.5. The molecule has 3 aliphatic carbocycles. The molecular formula is C51H70N2O15S2. The molecule has 0 radical (unpaired) electrons. The maximum Gasteiger partial charge on any atom is 0.509 e. The number of carbonyl (C=O) groups is 5. The average Bonchev–Trinajstić information content (AvgIpc) is 3.30. The van der Waals surface area contributed by atoms with Crippen molar-refractivity contribution in [2.24, 2.45) is 16.7 Å². The third-order valence-corrected chi connectivity index (χ3v) is 16.4. The minimum Gasteiger partial charge on any atom is -0.455 e. The molecule has 1 saturated heterocycles. The molecule has 17 nitrogen and oxygen atoms in total. The smallest absolute Gasteiger partial charge is 0.455 e. The first kappa shape index (κ1) is 53.7. The number of aliphatic hydroxyl groups excluding tert-OH is 2. The monoisotopic (exact) mass is 1020 g/mol. The van der Waals surface area contributed by atoms with Gasteiger partial charge in [0.1, 0.15) is 42.9 Å². The number of ether oxygens (including phenoxy) is 7. The number of Topliss-reactive ketones (excluding diaryl/α,β-unsaturated/α-hetero) is 1. The lowest BCUT2D eigenvalue weighted by Crippen LogP contribution is -2.81. The van der Waals surface area contributed by atoms with Gasteiger partial charge in [-0.3, -0.25) is 14.9 Å². The lowest BCUT2D eigenvalue weighted by atomic mass is 9.44. The van der Waals surface area contributed by atoms with E-state index < -0.39 is 119 Å². The molecule has 0 amide bonds. The fraction of sp³-hybridized carbons (Fsp3) is 0.627. The summed E-state index contributed by atoms with van der Waals surface area (Å²) in [7, 11) is 3.03. The summed E-state index contributed by atoms with van der Waals surface area (Å²) in [5, 5.41) is 44.7. The molecule has 5 N–H and O–H groups in total. The highest BCUT2D eigenvalue weighted by molar-refractivity contribution is 8.76. The quantitative estimate of drug-likeness (QED) is 0.0286. The molecule has 12 atom stereocenters. The lowest BCUT2D eigenvalue weighted by Gasteiger charge is -2.67. The van der Waals surface area contributed by atoms with E-state index in [0.29, 0.717) is 24.4 Å². The number of nitrogens with one attached hydrogen (secondary N) is 2. The van der Waals surface area contributed by atoms with E-state index in [1.807, 2.05) is 20.8 Å². The minimum atomic E-state index is -2.38. The third-order valence-electron chi connectivity index (χ3n) is 14.0. The zero-order valence-electron chi connectivity index (χ0n) is 42.4. The van der Waals surface area contributed by atoms with Crippen LogP contribution in [0.25, 0.3) is 0 Å². The summed E-state index contributed by atoms with van der Waals surface area (Å²) in [5.41, 5.74) is -7.79. The Kier molecular flexibility index (Phi) is 17.2. The van der Waals surface area contributed by atoms with Gasteiger partial charge in [0.25, 0.3) is 0 Å². The molecule has 2 bridgehead atoms. The number of benzene rings is 2. The second-order valence-corrected chi connectivity index (χ2v) is 22.8. The summed E-state index contributed by atoms with van der Waals surface area (Å²) in [6.07, 6.45) is -12.3. The van der Waals surface area contributed by atoms with Crippen molar-refractivity contribution < 1.29 is 73.8 Å². The normalized spacial score (nSPS) is 30.6. The molecule has 1 aliphatic heterocycles. The molecule has 386 valence electrons. The number of hydrogen-bond donors (Lipinski definition) is 5. The fourth-order valence-electron chi connectivity index (χ4n) is 10.7. The summed E-state index contributed by atoms with van der Waals surface area (Å²) in [6, 6.07) is 15.5. The highest BCUT2D eigenvalue weighted by atomic mass is 33.1. The van der Waals surface area contributed by atoms with Crippen LogP contribution in [-0.2, 0) is 47.5 Å². The van der Waals surface area contributed by atoms with Crippen molar-refractivity contribution in [2.45, 2.75) is 148 Å². The van der Waals surface area contributed by atoms with Crippen molar-refractivity contribution in [1.29, 1.82) is 0 Å². The van der Waals surface area contributed by atoms with Gasteiger partial charge in [0.2, 0.25) is 6.10 Å². The van der Waals surface area contributed by atoms with Gasteiger partial charge < -0.3 is 53.8 Å². The molecule has 2 aromatic rings. The number of ketones is 1. The topological polar surface area (TPSA) is 235 Å². The summed E-state index contributed by atoms with van der Waals surface area (Å²) in [6.45, 7) is 15.8. The van der Waals surface area contributed by atoms with E-state index in [1.54, 1.807) is 87.0 Å². The molecule has 19 heteroatoms. The standard InChI is InChI=1S/C51H70N2O15S2/c1-11-52-22-24-69-70-25-23-62-46(60)65-40(38(32-18-14-12-15-19-32)53-30(3)67-47(5,6)7)45(59)64-34-27-51(61)43(66-44(58)33-20-16-13-17-21-33)41-49(10,42(57)39(56)37(29(34)2)48(51,8)9)35(55)26-36-50(41,28-63-36)68-31(4)54/h12-21,30,34-36,38-41,43,52-53,55-56,61H,11,22-28H2,1-10H3/t30?,34-,35-,36+,38-,39+,40?,41-,43-,49+,50-,51+/m0/s1/i1T. The molecule has 4 aliphatic rings. The second-order valence-electron chi connectivity index (χ2n) is 20.1. The SMILES string of the molecule is [3H]CCNCCSSCCOC(=O)OC(C(=O)O[C@H]1C[C@@]2(O)[C@@H](OC(=O)c3ccccc3)[C@@H]3[C@]4(OC(C)=O)CO[C@@H]4C[C@H](O)[C@@]3(C)C(=O)[C@H](O)C(=C1C)C2(C)C)[C@@H](NC(C)OC(C)(C)C)c1ccccc1. The molecule has 0 aromatic heterocycles. The third kappa shape index (κ3) is 11.3. The van der Waals surface area contributed by atoms with Gasteiger partial charge in [-0.25, -0.2) is 14.4 Å². The van der Waals surface area contributed by atoms with E-state index in [2.05, 4.69) is 10.6 Å². The van der Waals surface area contributed by atoms with E-state index in [-0.39, 0.29) is 43.2 Å². The van der Waals surface area contributed by atoms with Crippen molar-refractivity contribution in [3.8, 4) is 0 Å². The Bertz CT molecular complexity index is 2250. The number of carbonyl (C=O) groups excluding carboxylic acids is 5. The molecule has 6 rings (SSSR count). The molecule has 70 heavy (non-hydrogen) atoms. The minimum absolute atomic E-state index is 0.0560. The van der Waals surface area contributed by atoms with E-state index >= 15 is 9.59 Å². The van der Waals surface area contributed by atoms with Gasteiger partial charge in [-0.1, -0.05) is 90.9 Å². The van der Waals surface area contributed by atoms with Crippen LogP contribution in [0.4, 0.5) is 4.79 Å². The molecule has 2 aromatic carbocycles. The maximum atomic E-state index is 15.3. The van der Waals surface area contributed by atoms with Crippen LogP contribution in [0.5, 0.6) is 0 Å². The van der Waals surface area contributed by atoms with E-state index in [9.17, 15) is 29.7 Å². The Morgan fingerprint density at radius 1 is 0.986 bits per heavy atom. The first-order chi connectivity index (χ1) is 33.4. The molecule has 0 spiro atoms. The largest absolute Gasteiger partial charge is 0.509 e. The summed E-state index contributed by atoms with van der Waals surface area (Å²) >= 11 is 0. The Morgan fingerprint density at radius 2 is 1.64 bits per heavy atom. The highest BCUT2D eigenvalue weighted by Gasteiger charge is 2.78. The second kappa shape index (κ2) is 22.4. The number of rotatable bonds is 19. The number of hydrogen-bond acceptors (Lipinski definition) is 19. The molecule has 2 saturated carbocycles. The van der Waals surface area contributed by atoms with Crippen molar-refractivity contribution in [3.63, 3.8) is 0 Å². The van der Waals surface area contributed by atoms with Gasteiger partial charge in [0.15, 0.2) is 11.4 Å². The summed E-state index contributed by atoms with van der Waals surface area (Å²) < 4.78 is 49.7. The molecule has 1 heterocycles. The van der Waals surface area contributed by atoms with Gasteiger partial charge >= 0.3 is 24.1 Å². The van der Waals surface area contributed by atoms with Gasteiger partial charge in [0, 0.05) is 44.6 Å². The maximum absolute atomic E-state index is 15.3. The Labute approximate surface area is 419 Å². The van der Waals surface area contributed by atoms with E-state index in [1.165, 1.54) is 36.8 Å². The summed E-state index contributed by atoms with van der Waals surface area (Å²) in [4.78, 5) is 71.5. The molecular weight excluding hydrogens is 945 g/mol. The van der Waals surface area contributed by atoms with E-state index in [4.69, 9.17) is 34.5 Å². The van der Waals surface area contributed by atoms with Crippen molar-refractivity contribution in [2.75, 3.05) is 37.8 Å². The van der Waals surface area contributed by atoms with Gasteiger partial charge in [0.05, 0.1) is 41.3 Å². The Morgan fingerprint density at radius 3 is 2.26 bits per heavy atom. The van der Waals surface area contributed by atoms with Crippen LogP contribution in [-0.4, -0.2) is 143 Å². The van der Waals surface area contributed by atoms with Crippen molar-refractivity contribution in [3.05, 3.63) is 82.9 Å². The van der Waals surface area contributed by atoms with Crippen molar-refractivity contribution in [1.82, 2.24) is 10.6 Å². The number of fused-ring (bicyclic) bond motifs is 5. The van der Waals surface area contributed by atoms with Gasteiger partial charge in [-0.05, 0) is 76.9 Å². The van der Waals surface area contributed by atoms with Crippen LogP contribution in [0.3, 0.4) is 0 Å². The Hall–Kier alpha value is -4.05. The first-order valence-electron chi connectivity index (χ1n) is 24.3. The zero-order valence-corrected chi connectivity index (χ0v) is 43.0. The van der Waals surface area contributed by atoms with Crippen LogP contribution in [0.1, 0.15) is 105 Å². The average molecular weight is 1020 g/mol.